The molecule has 0 unspecified atom stereocenters. The van der Waals surface area contributed by atoms with E-state index in [2.05, 4.69) is 10.6 Å². The second-order valence-corrected chi connectivity index (χ2v) is 4.38. The molecule has 0 amide bonds. The lowest BCUT2D eigenvalue weighted by atomic mass is 10.3. The minimum Gasteiger partial charge on any atom is -0.388 e. The number of benzene rings is 1. The molecular formula is C9H17N3O2S. The van der Waals surface area contributed by atoms with Crippen LogP contribution in [0.3, 0.4) is 0 Å². The highest BCUT2D eigenvalue weighted by molar-refractivity contribution is 7.89. The molecule has 0 saturated heterocycles. The predicted molar refractivity (Wildman–Crippen MR) is 62.3 cm³/mol. The summed E-state index contributed by atoms with van der Waals surface area (Å²) >= 11 is 0. The Balaban J connectivity index is 0.000000583. The normalized spacial score (nSPS) is 10.1. The van der Waals surface area contributed by atoms with Crippen LogP contribution in [0.15, 0.2) is 29.2 Å². The summed E-state index contributed by atoms with van der Waals surface area (Å²) in [6.07, 6.45) is 0. The maximum absolute atomic E-state index is 10.8. The molecule has 0 aliphatic heterocycles. The first kappa shape index (κ1) is 13.9. The summed E-state index contributed by atoms with van der Waals surface area (Å²) in [5.41, 5.74) is 0.849. The van der Waals surface area contributed by atoms with E-state index < -0.39 is 10.0 Å². The first-order chi connectivity index (χ1) is 6.95. The highest BCUT2D eigenvalue weighted by atomic mass is 32.2. The van der Waals surface area contributed by atoms with Gasteiger partial charge < -0.3 is 10.6 Å². The van der Waals surface area contributed by atoms with Gasteiger partial charge in [-0.2, -0.15) is 0 Å². The second-order valence-electron chi connectivity index (χ2n) is 2.82. The fourth-order valence-corrected chi connectivity index (χ4v) is 1.33. The molecular weight excluding hydrogens is 214 g/mol. The van der Waals surface area contributed by atoms with Crippen LogP contribution in [0.4, 0.5) is 5.69 Å². The quantitative estimate of drug-likeness (QED) is 0.679. The average Bonchev–Trinajstić information content (AvgIpc) is 2.18. The topological polar surface area (TPSA) is 84.2 Å². The highest BCUT2D eigenvalue weighted by Gasteiger charge is 2.05. The van der Waals surface area contributed by atoms with Crippen molar-refractivity contribution in [2.45, 2.75) is 4.90 Å². The Labute approximate surface area is 90.7 Å². The van der Waals surface area contributed by atoms with Crippen LogP contribution in [0.25, 0.3) is 0 Å². The zero-order valence-electron chi connectivity index (χ0n) is 9.11. The fraction of sp³-hybridized carbons (Fsp3) is 0.333. The number of hydrogen-bond donors (Lipinski definition) is 3. The van der Waals surface area contributed by atoms with Gasteiger partial charge in [0.2, 0.25) is 10.0 Å². The molecule has 0 saturated carbocycles. The van der Waals surface area contributed by atoms with Crippen LogP contribution in [0.5, 0.6) is 0 Å². The Kier molecular flexibility index (Phi) is 5.92. The molecule has 4 N–H and O–H groups in total. The Morgan fingerprint density at radius 1 is 1.07 bits per heavy atom. The van der Waals surface area contributed by atoms with Crippen molar-refractivity contribution in [3.8, 4) is 0 Å². The molecule has 0 fully saturated rings. The van der Waals surface area contributed by atoms with Gasteiger partial charge in [-0.25, -0.2) is 13.6 Å². The molecule has 0 spiro atoms. The van der Waals surface area contributed by atoms with Crippen LogP contribution in [-0.4, -0.2) is 29.6 Å². The van der Waals surface area contributed by atoms with Crippen molar-refractivity contribution >= 4 is 15.7 Å². The number of sulfonamides is 1. The number of primary sulfonamides is 1. The van der Waals surface area contributed by atoms with Gasteiger partial charge in [0.05, 0.1) is 4.90 Å². The van der Waals surface area contributed by atoms with Crippen molar-refractivity contribution in [2.75, 3.05) is 26.5 Å². The summed E-state index contributed by atoms with van der Waals surface area (Å²) < 4.78 is 21.6. The van der Waals surface area contributed by atoms with Crippen molar-refractivity contribution in [1.82, 2.24) is 5.32 Å². The highest BCUT2D eigenvalue weighted by Crippen LogP contribution is 2.11. The number of nitrogens with one attached hydrogen (secondary N) is 2. The third kappa shape index (κ3) is 5.36. The van der Waals surface area contributed by atoms with Gasteiger partial charge in [-0.1, -0.05) is 0 Å². The molecule has 1 rings (SSSR count). The summed E-state index contributed by atoms with van der Waals surface area (Å²) in [6, 6.07) is 6.22. The summed E-state index contributed by atoms with van der Waals surface area (Å²) in [7, 11) is 1.95. The van der Waals surface area contributed by atoms with Crippen molar-refractivity contribution in [1.29, 1.82) is 0 Å². The Bertz CT molecular complexity index is 373. The van der Waals surface area contributed by atoms with E-state index in [4.69, 9.17) is 5.14 Å². The Hall–Kier alpha value is -1.11. The molecule has 1 aromatic carbocycles. The lowest BCUT2D eigenvalue weighted by molar-refractivity contribution is 0.598. The van der Waals surface area contributed by atoms with Gasteiger partial charge in [-0.15, -0.1) is 0 Å². The number of anilines is 1. The van der Waals surface area contributed by atoms with Gasteiger partial charge in [-0.3, -0.25) is 0 Å². The van der Waals surface area contributed by atoms with Crippen LogP contribution in [0, 0.1) is 0 Å². The molecule has 15 heavy (non-hydrogen) atoms. The summed E-state index contributed by atoms with van der Waals surface area (Å²) in [5.74, 6) is 0. The molecule has 0 aromatic heterocycles. The summed E-state index contributed by atoms with van der Waals surface area (Å²) in [5, 5.41) is 10.5. The van der Waals surface area contributed by atoms with E-state index in [1.54, 1.807) is 19.2 Å². The SMILES string of the molecule is CNC.CNc1ccc(S(N)(=O)=O)cc1. The zero-order chi connectivity index (χ0) is 11.9. The molecule has 0 radical (unpaired) electrons. The smallest absolute Gasteiger partial charge is 0.238 e. The Morgan fingerprint density at radius 2 is 1.47 bits per heavy atom. The minimum atomic E-state index is -3.56. The van der Waals surface area contributed by atoms with E-state index in [0.717, 1.165) is 5.69 Å². The van der Waals surface area contributed by atoms with Crippen molar-refractivity contribution < 1.29 is 8.42 Å². The van der Waals surface area contributed by atoms with E-state index in [0.29, 0.717) is 0 Å². The largest absolute Gasteiger partial charge is 0.388 e. The van der Waals surface area contributed by atoms with Gasteiger partial charge in [0.1, 0.15) is 0 Å². The molecule has 0 bridgehead atoms. The van der Waals surface area contributed by atoms with Gasteiger partial charge in [-0.05, 0) is 38.4 Å². The second kappa shape index (κ2) is 6.39. The number of rotatable bonds is 2. The predicted octanol–water partition coefficient (Wildman–Crippen LogP) is 0.211. The molecule has 1 aromatic rings. The first-order valence-electron chi connectivity index (χ1n) is 4.34. The lowest BCUT2D eigenvalue weighted by Gasteiger charge is -2.00. The molecule has 0 aliphatic rings. The Morgan fingerprint density at radius 3 is 1.73 bits per heavy atom. The molecule has 0 atom stereocenters. The third-order valence-corrected chi connectivity index (χ3v) is 2.40. The van der Waals surface area contributed by atoms with Crippen LogP contribution in [0.1, 0.15) is 0 Å². The van der Waals surface area contributed by atoms with Gasteiger partial charge >= 0.3 is 0 Å². The van der Waals surface area contributed by atoms with Crippen LogP contribution in [-0.2, 0) is 10.0 Å². The van der Waals surface area contributed by atoms with E-state index >= 15 is 0 Å². The third-order valence-electron chi connectivity index (χ3n) is 1.47. The number of nitrogens with two attached hydrogens (primary N) is 1. The first-order valence-corrected chi connectivity index (χ1v) is 5.89. The molecule has 86 valence electrons. The van der Waals surface area contributed by atoms with Crippen molar-refractivity contribution in [2.24, 2.45) is 5.14 Å². The van der Waals surface area contributed by atoms with Gasteiger partial charge in [0.15, 0.2) is 0 Å². The standard InChI is InChI=1S/C7H10N2O2S.C2H7N/c1-9-6-2-4-7(5-3-6)12(8,10)11;1-3-2/h2-5,9H,1H3,(H2,8,10,11);3H,1-2H3. The molecule has 0 aliphatic carbocycles. The lowest BCUT2D eigenvalue weighted by Crippen LogP contribution is -2.11. The molecule has 0 heterocycles. The summed E-state index contributed by atoms with van der Waals surface area (Å²) in [4.78, 5) is 0.126. The van der Waals surface area contributed by atoms with E-state index in [1.165, 1.54) is 12.1 Å². The van der Waals surface area contributed by atoms with Crippen LogP contribution < -0.4 is 15.8 Å². The number of hydrogen-bond acceptors (Lipinski definition) is 4. The minimum absolute atomic E-state index is 0.126. The van der Waals surface area contributed by atoms with Crippen molar-refractivity contribution in [3.63, 3.8) is 0 Å². The van der Waals surface area contributed by atoms with Gasteiger partial charge in [0.25, 0.3) is 0 Å². The van der Waals surface area contributed by atoms with E-state index in [9.17, 15) is 8.42 Å². The van der Waals surface area contributed by atoms with E-state index in [-0.39, 0.29) is 4.90 Å². The van der Waals surface area contributed by atoms with Gasteiger partial charge in [0, 0.05) is 12.7 Å². The van der Waals surface area contributed by atoms with Crippen molar-refractivity contribution in [3.05, 3.63) is 24.3 Å². The summed E-state index contributed by atoms with van der Waals surface area (Å²) in [6.45, 7) is 0. The maximum atomic E-state index is 10.8. The zero-order valence-corrected chi connectivity index (χ0v) is 9.93. The monoisotopic (exact) mass is 231 g/mol. The fourth-order valence-electron chi connectivity index (χ4n) is 0.811. The molecule has 5 nitrogen and oxygen atoms in total. The van der Waals surface area contributed by atoms with Crippen LogP contribution >= 0.6 is 0 Å². The van der Waals surface area contributed by atoms with Crippen LogP contribution in [0.2, 0.25) is 0 Å². The average molecular weight is 231 g/mol. The maximum Gasteiger partial charge on any atom is 0.238 e. The van der Waals surface area contributed by atoms with E-state index in [1.807, 2.05) is 14.1 Å². The molecule has 6 heteroatoms.